The lowest BCUT2D eigenvalue weighted by molar-refractivity contribution is -0.144. The highest BCUT2D eigenvalue weighted by Crippen LogP contribution is 2.42. The van der Waals surface area contributed by atoms with E-state index in [2.05, 4.69) is 12.2 Å². The van der Waals surface area contributed by atoms with Gasteiger partial charge in [-0.05, 0) is 18.8 Å². The molecule has 0 spiro atoms. The molecule has 0 bridgehead atoms. The molecule has 0 rings (SSSR count). The van der Waals surface area contributed by atoms with Crippen LogP contribution in [0.1, 0.15) is 104 Å². The summed E-state index contributed by atoms with van der Waals surface area (Å²) in [6.45, 7) is 6.40. The van der Waals surface area contributed by atoms with Crippen LogP contribution in [0.15, 0.2) is 0 Å². The summed E-state index contributed by atoms with van der Waals surface area (Å²) in [5.74, 6) is 0.0852. The molecule has 0 saturated carbocycles. The molecule has 1 atom stereocenters. The number of unbranched alkanes of at least 4 members (excludes halogenated alkanes) is 8. The molecule has 9 heteroatoms. The number of ether oxygens (including phenoxy) is 1. The quantitative estimate of drug-likeness (QED) is 0.119. The van der Waals surface area contributed by atoms with Crippen molar-refractivity contribution in [2.75, 3.05) is 26.4 Å². The van der Waals surface area contributed by atoms with E-state index in [-0.39, 0.29) is 38.2 Å². The fourth-order valence-electron chi connectivity index (χ4n) is 2.97. The molecule has 1 unspecified atom stereocenters. The molecule has 32 heavy (non-hydrogen) atoms. The summed E-state index contributed by atoms with van der Waals surface area (Å²) >= 11 is 0. The van der Waals surface area contributed by atoms with Gasteiger partial charge in [0.2, 0.25) is 5.91 Å². The lowest BCUT2D eigenvalue weighted by Gasteiger charge is -2.13. The molecule has 2 N–H and O–H groups in total. The third-order valence-corrected chi connectivity index (χ3v) is 5.94. The van der Waals surface area contributed by atoms with Gasteiger partial charge in [-0.15, -0.1) is 0 Å². The number of carbonyl (C=O) groups is 2. The van der Waals surface area contributed by atoms with Gasteiger partial charge in [-0.25, -0.2) is 4.57 Å². The normalized spacial score (nSPS) is 13.2. The molecule has 0 aliphatic rings. The first-order chi connectivity index (χ1) is 15.3. The number of phosphoric acid groups is 1. The van der Waals surface area contributed by atoms with Crippen LogP contribution in [-0.2, 0) is 27.9 Å². The van der Waals surface area contributed by atoms with Crippen molar-refractivity contribution in [3.63, 3.8) is 0 Å². The summed E-state index contributed by atoms with van der Waals surface area (Å²) < 4.78 is 26.5. The second kappa shape index (κ2) is 20.6. The highest BCUT2D eigenvalue weighted by atomic mass is 31.2. The van der Waals surface area contributed by atoms with Crippen LogP contribution >= 0.6 is 7.82 Å². The average Bonchev–Trinajstić information content (AvgIpc) is 2.73. The van der Waals surface area contributed by atoms with Gasteiger partial charge in [-0.1, -0.05) is 72.1 Å². The third kappa shape index (κ3) is 22.3. The summed E-state index contributed by atoms with van der Waals surface area (Å²) in [5, 5.41) is 2.63. The Hall–Kier alpha value is -0.950. The predicted octanol–water partition coefficient (Wildman–Crippen LogP) is 5.53. The lowest BCUT2D eigenvalue weighted by Crippen LogP contribution is -2.27. The van der Waals surface area contributed by atoms with Crippen molar-refractivity contribution in [1.29, 1.82) is 0 Å². The van der Waals surface area contributed by atoms with Gasteiger partial charge in [0.05, 0.1) is 19.8 Å². The van der Waals surface area contributed by atoms with E-state index in [0.29, 0.717) is 25.2 Å². The molecular formula is C23H46NO7P. The number of hydrogen-bond acceptors (Lipinski definition) is 6. The summed E-state index contributed by atoms with van der Waals surface area (Å²) in [6.07, 6.45) is 12.7. The van der Waals surface area contributed by atoms with Crippen molar-refractivity contribution in [1.82, 2.24) is 5.32 Å². The van der Waals surface area contributed by atoms with Crippen LogP contribution < -0.4 is 5.32 Å². The summed E-state index contributed by atoms with van der Waals surface area (Å²) in [5.41, 5.74) is 0. The predicted molar refractivity (Wildman–Crippen MR) is 126 cm³/mol. The molecule has 0 heterocycles. The minimum atomic E-state index is -4.18. The number of hydrogen-bond donors (Lipinski definition) is 2. The molecule has 0 aromatic carbocycles. The maximum absolute atomic E-state index is 11.8. The van der Waals surface area contributed by atoms with Gasteiger partial charge < -0.3 is 14.9 Å². The molecular weight excluding hydrogens is 433 g/mol. The second-order valence-corrected chi connectivity index (χ2v) is 10.0. The lowest BCUT2D eigenvalue weighted by atomic mass is 10.1. The number of carbonyl (C=O) groups excluding carboxylic acids is 2. The Kier molecular flexibility index (Phi) is 20.0. The molecule has 1 amide bonds. The molecule has 0 aromatic rings. The fourth-order valence-corrected chi connectivity index (χ4v) is 3.73. The maximum Gasteiger partial charge on any atom is 0.472 e. The van der Waals surface area contributed by atoms with Gasteiger partial charge in [0.25, 0.3) is 0 Å². The Balaban J connectivity index is 3.55. The molecule has 190 valence electrons. The molecule has 0 saturated heterocycles. The topological polar surface area (TPSA) is 111 Å². The second-order valence-electron chi connectivity index (χ2n) is 8.57. The molecule has 0 fully saturated rings. The molecule has 0 aliphatic carbocycles. The highest BCUT2D eigenvalue weighted by Gasteiger charge is 2.20. The smallest absolute Gasteiger partial charge is 0.466 e. The summed E-state index contributed by atoms with van der Waals surface area (Å²) in [6, 6.07) is 0. The Morgan fingerprint density at radius 1 is 0.844 bits per heavy atom. The molecule has 0 aromatic heterocycles. The van der Waals surface area contributed by atoms with Gasteiger partial charge in [0.1, 0.15) is 0 Å². The number of esters is 1. The number of nitrogens with one attached hydrogen (secondary N) is 1. The Morgan fingerprint density at radius 3 is 2.06 bits per heavy atom. The van der Waals surface area contributed by atoms with Gasteiger partial charge in [0, 0.05) is 25.8 Å². The van der Waals surface area contributed by atoms with E-state index in [1.165, 1.54) is 38.5 Å². The Bertz CT molecular complexity index is 528. The summed E-state index contributed by atoms with van der Waals surface area (Å²) in [4.78, 5) is 32.9. The van der Waals surface area contributed by atoms with Crippen LogP contribution in [0.2, 0.25) is 0 Å². The average molecular weight is 480 g/mol. The van der Waals surface area contributed by atoms with Crippen LogP contribution in [0.5, 0.6) is 0 Å². The number of phosphoric ester groups is 1. The standard InChI is InChI=1S/C23H46NO7P/c1-4-5-6-7-8-9-10-11-12-14-23(26)29-18-13-19-30-32(27,28)31-20-17-24-22(25)16-15-21(2)3/h21H,4-20H2,1-3H3,(H,24,25)(H,27,28). The van der Waals surface area contributed by atoms with Gasteiger partial charge in [0.15, 0.2) is 0 Å². The fraction of sp³-hybridized carbons (Fsp3) is 0.913. The van der Waals surface area contributed by atoms with E-state index >= 15 is 0 Å². The maximum atomic E-state index is 11.8. The van der Waals surface area contributed by atoms with Crippen LogP contribution in [0.25, 0.3) is 0 Å². The summed E-state index contributed by atoms with van der Waals surface area (Å²) in [7, 11) is -4.18. The third-order valence-electron chi connectivity index (χ3n) is 4.92. The van der Waals surface area contributed by atoms with E-state index in [1.54, 1.807) is 0 Å². The van der Waals surface area contributed by atoms with Crippen LogP contribution in [0.4, 0.5) is 0 Å². The van der Waals surface area contributed by atoms with E-state index in [9.17, 15) is 19.0 Å². The number of rotatable bonds is 22. The molecule has 0 aliphatic heterocycles. The largest absolute Gasteiger partial charge is 0.472 e. The highest BCUT2D eigenvalue weighted by molar-refractivity contribution is 7.47. The van der Waals surface area contributed by atoms with Gasteiger partial charge in [-0.2, -0.15) is 0 Å². The Labute approximate surface area is 194 Å². The number of amides is 1. The van der Waals surface area contributed by atoms with Crippen molar-refractivity contribution in [3.05, 3.63) is 0 Å². The zero-order valence-corrected chi connectivity index (χ0v) is 21.3. The first-order valence-corrected chi connectivity index (χ1v) is 13.8. The van der Waals surface area contributed by atoms with Crippen LogP contribution in [-0.4, -0.2) is 43.1 Å². The first kappa shape index (κ1) is 31.0. The zero-order valence-electron chi connectivity index (χ0n) is 20.4. The minimum Gasteiger partial charge on any atom is -0.466 e. The van der Waals surface area contributed by atoms with Crippen molar-refractivity contribution in [2.24, 2.45) is 5.92 Å². The molecule has 0 radical (unpaired) electrons. The molecule has 8 nitrogen and oxygen atoms in total. The first-order valence-electron chi connectivity index (χ1n) is 12.3. The van der Waals surface area contributed by atoms with E-state index in [1.807, 2.05) is 13.8 Å². The van der Waals surface area contributed by atoms with E-state index < -0.39 is 7.82 Å². The van der Waals surface area contributed by atoms with E-state index in [0.717, 1.165) is 25.7 Å². The van der Waals surface area contributed by atoms with Crippen molar-refractivity contribution in [2.45, 2.75) is 104 Å². The van der Waals surface area contributed by atoms with E-state index in [4.69, 9.17) is 13.8 Å². The van der Waals surface area contributed by atoms with Crippen molar-refractivity contribution in [3.8, 4) is 0 Å². The monoisotopic (exact) mass is 479 g/mol. The van der Waals surface area contributed by atoms with Crippen molar-refractivity contribution < 1.29 is 32.8 Å². The Morgan fingerprint density at radius 2 is 1.44 bits per heavy atom. The van der Waals surface area contributed by atoms with Crippen LogP contribution in [0.3, 0.4) is 0 Å². The van der Waals surface area contributed by atoms with Crippen LogP contribution in [0, 0.1) is 5.92 Å². The SMILES string of the molecule is CCCCCCCCCCCC(=O)OCCCOP(=O)(O)OCCNC(=O)CCC(C)C. The van der Waals surface area contributed by atoms with Gasteiger partial charge >= 0.3 is 13.8 Å². The van der Waals surface area contributed by atoms with Crippen molar-refractivity contribution >= 4 is 19.7 Å². The minimum absolute atomic E-state index is 0.0557. The zero-order chi connectivity index (χ0) is 24.1. The van der Waals surface area contributed by atoms with Gasteiger partial charge in [-0.3, -0.25) is 18.6 Å².